The van der Waals surface area contributed by atoms with Crippen molar-refractivity contribution in [1.82, 2.24) is 4.57 Å². The first-order valence-corrected chi connectivity index (χ1v) is 5.79. The topological polar surface area (TPSA) is 12.5 Å². The Hall–Kier alpha value is 0.354. The second-order valence-corrected chi connectivity index (χ2v) is 7.05. The Bertz CT molecular complexity index is 74.4. The Balaban J connectivity index is 3.71. The monoisotopic (exact) mass is 146 g/mol. The summed E-state index contributed by atoms with van der Waals surface area (Å²) in [6.07, 6.45) is 0. The molecule has 8 heavy (non-hydrogen) atoms. The lowest BCUT2D eigenvalue weighted by molar-refractivity contribution is 0.471. The van der Waals surface area contributed by atoms with Crippen LogP contribution in [0.1, 0.15) is 0 Å². The van der Waals surface area contributed by atoms with Crippen LogP contribution in [0.15, 0.2) is 0 Å². The normalized spacial score (nSPS) is 12.8. The molecule has 0 aromatic heterocycles. The maximum Gasteiger partial charge on any atom is 0.253 e. The van der Waals surface area contributed by atoms with Gasteiger partial charge in [-0.1, -0.05) is 0 Å². The average Bonchev–Trinajstić information content (AvgIpc) is 1.67. The van der Waals surface area contributed by atoms with Crippen molar-refractivity contribution in [3.05, 3.63) is 0 Å². The van der Waals surface area contributed by atoms with E-state index in [0.717, 1.165) is 0 Å². The minimum absolute atomic E-state index is 1.51. The molecule has 0 aliphatic rings. The van der Waals surface area contributed by atoms with Crippen LogP contribution in [0.3, 0.4) is 0 Å². The molecule has 0 bridgehead atoms. The van der Waals surface area contributed by atoms with Gasteiger partial charge in [0.2, 0.25) is 10.5 Å². The minimum Gasteiger partial charge on any atom is -0.445 e. The third-order valence-corrected chi connectivity index (χ3v) is 5.48. The van der Waals surface area contributed by atoms with E-state index < -0.39 is 8.48 Å². The van der Waals surface area contributed by atoms with Gasteiger partial charge in [0.1, 0.15) is 0 Å². The molecule has 0 atom stereocenters. The van der Waals surface area contributed by atoms with Crippen LogP contribution in [0.2, 0.25) is 13.1 Å². The van der Waals surface area contributed by atoms with Crippen molar-refractivity contribution in [3.8, 4) is 0 Å². The number of hydrogen-bond acceptors (Lipinski definition) is 2. The van der Waals surface area contributed by atoms with Gasteiger partial charge in [-0.25, -0.2) is 0 Å². The van der Waals surface area contributed by atoms with Gasteiger partial charge in [-0.3, -0.25) is 0 Å². The zero-order chi connectivity index (χ0) is 6.78. The molecule has 0 aromatic carbocycles. The molecule has 0 heterocycles. The van der Waals surface area contributed by atoms with Gasteiger partial charge >= 0.3 is 0 Å². The zero-order valence-corrected chi connectivity index (χ0v) is 7.86. The molecule has 0 fully saturated rings. The Labute approximate surface area is 55.6 Å². The van der Waals surface area contributed by atoms with E-state index in [1.807, 2.05) is 14.1 Å². The second kappa shape index (κ2) is 2.77. The average molecular weight is 146 g/mol. The summed E-state index contributed by atoms with van der Waals surface area (Å²) in [4.78, 5) is 0. The van der Waals surface area contributed by atoms with Crippen molar-refractivity contribution in [2.24, 2.45) is 0 Å². The smallest absolute Gasteiger partial charge is 0.253 e. The predicted octanol–water partition coefficient (Wildman–Crippen LogP) is 0.350. The molecular weight excluding hydrogens is 134 g/mol. The quantitative estimate of drug-likeness (QED) is 0.521. The lowest BCUT2D eigenvalue weighted by Gasteiger charge is -2.27. The van der Waals surface area contributed by atoms with Crippen LogP contribution in [0.4, 0.5) is 0 Å². The number of nitrogens with zero attached hydrogens (tertiary/aromatic N) is 1. The van der Waals surface area contributed by atoms with Crippen molar-refractivity contribution >= 4 is 19.0 Å². The van der Waals surface area contributed by atoms with Crippen LogP contribution < -0.4 is 0 Å². The fourth-order valence-corrected chi connectivity index (χ4v) is 0.822. The number of hydrogen-bond donors (Lipinski definition) is 0. The van der Waals surface area contributed by atoms with E-state index in [1.165, 1.54) is 0 Å². The summed E-state index contributed by atoms with van der Waals surface area (Å²) in [6, 6.07) is 0. The first-order chi connectivity index (χ1) is 3.50. The van der Waals surface area contributed by atoms with Crippen LogP contribution in [0.25, 0.3) is 0 Å². The van der Waals surface area contributed by atoms with Gasteiger partial charge in [0.05, 0.1) is 0 Å². The third-order valence-electron chi connectivity index (χ3n) is 1.33. The van der Waals surface area contributed by atoms with Gasteiger partial charge in [0.15, 0.2) is 0 Å². The lowest BCUT2D eigenvalue weighted by Crippen LogP contribution is -2.45. The van der Waals surface area contributed by atoms with E-state index in [2.05, 4.69) is 28.1 Å². The summed E-state index contributed by atoms with van der Waals surface area (Å²) in [5.74, 6) is 0. The molecule has 0 amide bonds. The lowest BCUT2D eigenvalue weighted by atomic mass is 11.3. The molecule has 0 aromatic rings. The largest absolute Gasteiger partial charge is 0.445 e. The predicted molar refractivity (Wildman–Crippen MR) is 38.0 cm³/mol. The van der Waals surface area contributed by atoms with Gasteiger partial charge in [-0.05, 0) is 27.2 Å². The summed E-state index contributed by atoms with van der Waals surface area (Å²) in [6.45, 7) is 4.22. The molecule has 0 aliphatic carbocycles. The van der Waals surface area contributed by atoms with E-state index in [1.54, 1.807) is 0 Å². The molecule has 0 rings (SSSR count). The molecule has 2 nitrogen and oxygen atoms in total. The maximum absolute atomic E-state index is 5.07. The molecule has 0 N–H and O–H groups in total. The highest BCUT2D eigenvalue weighted by molar-refractivity contribution is 6.70. The molecule has 47 valence electrons. The Morgan fingerprint density at radius 3 is 1.75 bits per heavy atom. The molecule has 0 spiro atoms. The van der Waals surface area contributed by atoms with E-state index in [0.29, 0.717) is 0 Å². The van der Waals surface area contributed by atoms with Crippen molar-refractivity contribution < 1.29 is 4.12 Å². The maximum atomic E-state index is 5.07. The van der Waals surface area contributed by atoms with Crippen LogP contribution in [-0.2, 0) is 4.12 Å². The van der Waals surface area contributed by atoms with Crippen LogP contribution in [0, 0.1) is 0 Å². The first kappa shape index (κ1) is 8.35. The van der Waals surface area contributed by atoms with Crippen molar-refractivity contribution in [1.29, 1.82) is 0 Å². The highest BCUT2D eigenvalue weighted by Gasteiger charge is 2.22. The summed E-state index contributed by atoms with van der Waals surface area (Å²) >= 11 is 0. The molecular formula is C4H12NOSi2. The summed E-state index contributed by atoms with van der Waals surface area (Å²) in [7, 11) is 5.57. The van der Waals surface area contributed by atoms with E-state index in [4.69, 9.17) is 4.12 Å². The Morgan fingerprint density at radius 1 is 1.38 bits per heavy atom. The standard InChI is InChI=1S/C4H12NOSi2/c1-5(2)8(3,4)6-7/h1-4H3. The van der Waals surface area contributed by atoms with Crippen molar-refractivity contribution in [2.45, 2.75) is 13.1 Å². The highest BCUT2D eigenvalue weighted by Crippen LogP contribution is 2.02. The second-order valence-electron chi connectivity index (χ2n) is 2.44. The third kappa shape index (κ3) is 2.08. The zero-order valence-electron chi connectivity index (χ0n) is 5.86. The van der Waals surface area contributed by atoms with Gasteiger partial charge < -0.3 is 8.68 Å². The molecule has 0 unspecified atom stereocenters. The van der Waals surface area contributed by atoms with Crippen LogP contribution >= 0.6 is 0 Å². The Kier molecular flexibility index (Phi) is 2.89. The van der Waals surface area contributed by atoms with Crippen LogP contribution in [-0.4, -0.2) is 37.6 Å². The SMILES string of the molecule is CN(C)[Si](C)(C)O[Si]. The Morgan fingerprint density at radius 2 is 1.75 bits per heavy atom. The fourth-order valence-electron chi connectivity index (χ4n) is 0.0913. The van der Waals surface area contributed by atoms with Crippen LogP contribution in [0.5, 0.6) is 0 Å². The van der Waals surface area contributed by atoms with E-state index >= 15 is 0 Å². The van der Waals surface area contributed by atoms with E-state index in [-0.39, 0.29) is 0 Å². The fraction of sp³-hybridized carbons (Fsp3) is 1.00. The first-order valence-electron chi connectivity index (χ1n) is 2.53. The molecule has 0 saturated heterocycles. The van der Waals surface area contributed by atoms with Gasteiger partial charge in [-0.15, -0.1) is 0 Å². The van der Waals surface area contributed by atoms with Crippen molar-refractivity contribution in [3.63, 3.8) is 0 Å². The summed E-state index contributed by atoms with van der Waals surface area (Å²) in [5.41, 5.74) is 0. The summed E-state index contributed by atoms with van der Waals surface area (Å²) < 4.78 is 7.18. The molecule has 0 aliphatic heterocycles. The molecule has 0 saturated carbocycles. The highest BCUT2D eigenvalue weighted by atomic mass is 28.4. The summed E-state index contributed by atoms with van der Waals surface area (Å²) in [5, 5.41) is 0. The van der Waals surface area contributed by atoms with Crippen molar-refractivity contribution in [2.75, 3.05) is 14.1 Å². The van der Waals surface area contributed by atoms with Gasteiger partial charge in [0, 0.05) is 0 Å². The molecule has 4 heteroatoms. The molecule has 3 radical (unpaired) electrons. The van der Waals surface area contributed by atoms with E-state index in [9.17, 15) is 0 Å². The van der Waals surface area contributed by atoms with Gasteiger partial charge in [0.25, 0.3) is 8.48 Å². The minimum atomic E-state index is -1.51. The van der Waals surface area contributed by atoms with Gasteiger partial charge in [-0.2, -0.15) is 0 Å². The number of rotatable bonds is 2.